The van der Waals surface area contributed by atoms with E-state index in [1.54, 1.807) is 0 Å². The van der Waals surface area contributed by atoms with Crippen molar-refractivity contribution in [3.05, 3.63) is 22.2 Å². The van der Waals surface area contributed by atoms with Crippen LogP contribution in [0.4, 0.5) is 0 Å². The zero-order chi connectivity index (χ0) is 15.2. The number of halogens is 1. The van der Waals surface area contributed by atoms with Crippen LogP contribution in [-0.4, -0.2) is 36.7 Å². The lowest BCUT2D eigenvalue weighted by atomic mass is 10.0. The molecule has 1 heterocycles. The van der Waals surface area contributed by atoms with Gasteiger partial charge < -0.3 is 19.9 Å². The molecule has 0 radical (unpaired) electrons. The van der Waals surface area contributed by atoms with Crippen molar-refractivity contribution in [3.8, 4) is 11.5 Å². The van der Waals surface area contributed by atoms with Gasteiger partial charge in [-0.2, -0.15) is 0 Å². The Morgan fingerprint density at radius 1 is 1.43 bits per heavy atom. The molecule has 1 amide bonds. The smallest absolute Gasteiger partial charge is 0.303 e. The van der Waals surface area contributed by atoms with E-state index in [-0.39, 0.29) is 12.5 Å². The van der Waals surface area contributed by atoms with Crippen molar-refractivity contribution in [2.45, 2.75) is 25.3 Å². The number of benzene rings is 1. The first-order chi connectivity index (χ1) is 10.1. The number of fused-ring (bicyclic) bond motifs is 1. The van der Waals surface area contributed by atoms with Crippen LogP contribution in [0.1, 0.15) is 18.4 Å². The normalized spacial score (nSPS) is 14.3. The molecule has 1 atom stereocenters. The predicted octanol–water partition coefficient (Wildman–Crippen LogP) is 1.74. The fraction of sp³-hybridized carbons (Fsp3) is 0.429. The largest absolute Gasteiger partial charge is 0.486 e. The van der Waals surface area contributed by atoms with Gasteiger partial charge in [-0.3, -0.25) is 9.59 Å². The highest BCUT2D eigenvalue weighted by molar-refractivity contribution is 9.10. The van der Waals surface area contributed by atoms with Gasteiger partial charge in [-0.15, -0.1) is 0 Å². The highest BCUT2D eigenvalue weighted by atomic mass is 79.9. The number of carbonyl (C=O) groups excluding carboxylic acids is 1. The van der Waals surface area contributed by atoms with Gasteiger partial charge in [-0.25, -0.2) is 0 Å². The van der Waals surface area contributed by atoms with Crippen molar-refractivity contribution in [2.24, 2.45) is 0 Å². The zero-order valence-corrected chi connectivity index (χ0v) is 12.9. The number of hydrogen-bond donors (Lipinski definition) is 2. The van der Waals surface area contributed by atoms with E-state index < -0.39 is 5.97 Å². The summed E-state index contributed by atoms with van der Waals surface area (Å²) in [6, 6.07) is 3.53. The van der Waals surface area contributed by atoms with E-state index in [1.807, 2.05) is 12.1 Å². The lowest BCUT2D eigenvalue weighted by molar-refractivity contribution is -0.137. The van der Waals surface area contributed by atoms with Crippen molar-refractivity contribution in [3.63, 3.8) is 0 Å². The standard InChI is InChI=1S/C14H16BrNO5/c15-11-6-9(7-12-14(11)21-4-3-20-12)5-10(16-8-17)1-2-13(18)19/h6-8,10H,1-5H2,(H,16,17)(H,18,19). The molecule has 0 bridgehead atoms. The molecule has 0 aromatic heterocycles. The Labute approximate surface area is 130 Å². The number of carboxylic acid groups (broad SMARTS) is 1. The number of carboxylic acids is 1. The number of rotatable bonds is 7. The van der Waals surface area contributed by atoms with E-state index in [2.05, 4.69) is 21.2 Å². The summed E-state index contributed by atoms with van der Waals surface area (Å²) in [7, 11) is 0. The van der Waals surface area contributed by atoms with Crippen LogP contribution >= 0.6 is 15.9 Å². The maximum Gasteiger partial charge on any atom is 0.303 e. The topological polar surface area (TPSA) is 84.9 Å². The van der Waals surface area contributed by atoms with Gasteiger partial charge in [0.05, 0.1) is 4.47 Å². The van der Waals surface area contributed by atoms with E-state index >= 15 is 0 Å². The summed E-state index contributed by atoms with van der Waals surface area (Å²) in [4.78, 5) is 21.3. The molecule has 0 spiro atoms. The first-order valence-electron chi connectivity index (χ1n) is 6.59. The first kappa shape index (κ1) is 15.6. The second kappa shape index (κ2) is 7.31. The zero-order valence-electron chi connectivity index (χ0n) is 11.3. The Morgan fingerprint density at radius 2 is 2.19 bits per heavy atom. The summed E-state index contributed by atoms with van der Waals surface area (Å²) in [5.41, 5.74) is 0.941. The van der Waals surface area contributed by atoms with Crippen LogP contribution in [0.15, 0.2) is 16.6 Å². The second-order valence-electron chi connectivity index (χ2n) is 4.72. The van der Waals surface area contributed by atoms with Crippen LogP contribution in [0.2, 0.25) is 0 Å². The number of hydrogen-bond acceptors (Lipinski definition) is 4. The molecule has 0 saturated carbocycles. The van der Waals surface area contributed by atoms with Gasteiger partial charge in [0.1, 0.15) is 13.2 Å². The fourth-order valence-corrected chi connectivity index (χ4v) is 2.81. The van der Waals surface area contributed by atoms with Crippen LogP contribution in [0.25, 0.3) is 0 Å². The average Bonchev–Trinajstić information content (AvgIpc) is 2.45. The highest BCUT2D eigenvalue weighted by Gasteiger charge is 2.18. The SMILES string of the molecule is O=CNC(CCC(=O)O)Cc1cc(Br)c2c(c1)OCCO2. The summed E-state index contributed by atoms with van der Waals surface area (Å²) in [5, 5.41) is 11.4. The van der Waals surface area contributed by atoms with E-state index in [0.29, 0.717) is 44.0 Å². The predicted molar refractivity (Wildman–Crippen MR) is 78.7 cm³/mol. The van der Waals surface area contributed by atoms with Gasteiger partial charge in [0.25, 0.3) is 0 Å². The summed E-state index contributed by atoms with van der Waals surface area (Å²) in [6.45, 7) is 1.01. The molecule has 114 valence electrons. The third kappa shape index (κ3) is 4.35. The Morgan fingerprint density at radius 3 is 2.90 bits per heavy atom. The van der Waals surface area contributed by atoms with E-state index in [1.165, 1.54) is 0 Å². The molecule has 2 rings (SSSR count). The molecule has 6 nitrogen and oxygen atoms in total. The van der Waals surface area contributed by atoms with Gasteiger partial charge >= 0.3 is 5.97 Å². The van der Waals surface area contributed by atoms with Crippen LogP contribution in [-0.2, 0) is 16.0 Å². The van der Waals surface area contributed by atoms with Crippen LogP contribution in [0.5, 0.6) is 11.5 Å². The molecular formula is C14H16BrNO5. The quantitative estimate of drug-likeness (QED) is 0.726. The molecule has 2 N–H and O–H groups in total. The number of aliphatic carboxylic acids is 1. The van der Waals surface area contributed by atoms with E-state index in [4.69, 9.17) is 14.6 Å². The maximum absolute atomic E-state index is 10.6. The first-order valence-corrected chi connectivity index (χ1v) is 7.39. The van der Waals surface area contributed by atoms with Crippen molar-refractivity contribution >= 4 is 28.3 Å². The Balaban J connectivity index is 2.10. The Kier molecular flexibility index (Phi) is 5.44. The minimum absolute atomic E-state index is 0.0111. The molecule has 0 fully saturated rings. The second-order valence-corrected chi connectivity index (χ2v) is 5.57. The summed E-state index contributed by atoms with van der Waals surface area (Å²) in [5.74, 6) is 0.459. The van der Waals surface area contributed by atoms with E-state index in [9.17, 15) is 9.59 Å². The van der Waals surface area contributed by atoms with Gasteiger partial charge in [0.15, 0.2) is 11.5 Å². The van der Waals surface area contributed by atoms with Crippen LogP contribution < -0.4 is 14.8 Å². The van der Waals surface area contributed by atoms with Crippen molar-refractivity contribution in [2.75, 3.05) is 13.2 Å². The van der Waals surface area contributed by atoms with Gasteiger partial charge in [0, 0.05) is 12.5 Å². The highest BCUT2D eigenvalue weighted by Crippen LogP contribution is 2.38. The summed E-state index contributed by atoms with van der Waals surface area (Å²) in [6.07, 6.45) is 1.51. The number of nitrogens with one attached hydrogen (secondary N) is 1. The minimum atomic E-state index is -0.879. The third-order valence-electron chi connectivity index (χ3n) is 3.15. The summed E-state index contributed by atoms with van der Waals surface area (Å²) < 4.78 is 11.9. The Bertz CT molecular complexity index is 534. The van der Waals surface area contributed by atoms with Crippen molar-refractivity contribution < 1.29 is 24.2 Å². The van der Waals surface area contributed by atoms with Crippen LogP contribution in [0.3, 0.4) is 0 Å². The number of ether oxygens (including phenoxy) is 2. The van der Waals surface area contributed by atoms with Gasteiger partial charge in [-0.05, 0) is 46.5 Å². The monoisotopic (exact) mass is 357 g/mol. The molecule has 1 aliphatic heterocycles. The molecule has 7 heteroatoms. The third-order valence-corrected chi connectivity index (χ3v) is 3.74. The molecular weight excluding hydrogens is 342 g/mol. The lowest BCUT2D eigenvalue weighted by Crippen LogP contribution is -2.30. The molecule has 0 aliphatic carbocycles. The average molecular weight is 358 g/mol. The van der Waals surface area contributed by atoms with Crippen molar-refractivity contribution in [1.82, 2.24) is 5.32 Å². The Hall–Kier alpha value is -1.76. The molecule has 1 aromatic rings. The maximum atomic E-state index is 10.6. The van der Waals surface area contributed by atoms with Gasteiger partial charge in [0.2, 0.25) is 6.41 Å². The summed E-state index contributed by atoms with van der Waals surface area (Å²) >= 11 is 3.43. The molecule has 21 heavy (non-hydrogen) atoms. The van der Waals surface area contributed by atoms with Crippen LogP contribution in [0, 0.1) is 0 Å². The lowest BCUT2D eigenvalue weighted by Gasteiger charge is -2.22. The molecule has 0 saturated heterocycles. The number of amides is 1. The van der Waals surface area contributed by atoms with Gasteiger partial charge in [-0.1, -0.05) is 0 Å². The van der Waals surface area contributed by atoms with Crippen molar-refractivity contribution in [1.29, 1.82) is 0 Å². The molecule has 1 unspecified atom stereocenters. The van der Waals surface area contributed by atoms with E-state index in [0.717, 1.165) is 10.0 Å². The molecule has 1 aliphatic rings. The molecule has 1 aromatic carbocycles. The minimum Gasteiger partial charge on any atom is -0.486 e. The number of carbonyl (C=O) groups is 2. The fourth-order valence-electron chi connectivity index (χ4n) is 2.20.